The molecule has 0 aliphatic carbocycles. The Bertz CT molecular complexity index is 1020. The summed E-state index contributed by atoms with van der Waals surface area (Å²) in [6.07, 6.45) is 0. The molecule has 1 N–H and O–H groups in total. The van der Waals surface area contributed by atoms with Crippen molar-refractivity contribution in [2.24, 2.45) is 0 Å². The molecule has 1 saturated heterocycles. The minimum Gasteiger partial charge on any atom is -0.348 e. The van der Waals surface area contributed by atoms with Gasteiger partial charge in [0.1, 0.15) is 5.37 Å². The van der Waals surface area contributed by atoms with Crippen LogP contribution in [0.25, 0.3) is 0 Å². The lowest BCUT2D eigenvalue weighted by Gasteiger charge is -2.24. The third-order valence-electron chi connectivity index (χ3n) is 4.99. The van der Waals surface area contributed by atoms with Crippen LogP contribution in [0.2, 0.25) is 5.02 Å². The van der Waals surface area contributed by atoms with Gasteiger partial charge in [-0.05, 0) is 41.0 Å². The molecular weight excluding hydrogens is 416 g/mol. The molecule has 4 rings (SSSR count). The Balaban J connectivity index is 1.42. The summed E-state index contributed by atoms with van der Waals surface area (Å²) >= 11 is 7.57. The van der Waals surface area contributed by atoms with Crippen LogP contribution in [0.3, 0.4) is 0 Å². The molecule has 152 valence electrons. The molecule has 1 heterocycles. The first-order valence-corrected chi connectivity index (χ1v) is 11.1. The van der Waals surface area contributed by atoms with Gasteiger partial charge in [0.2, 0.25) is 5.91 Å². The summed E-state index contributed by atoms with van der Waals surface area (Å²) in [7, 11) is 0. The van der Waals surface area contributed by atoms with E-state index in [0.29, 0.717) is 29.4 Å². The summed E-state index contributed by atoms with van der Waals surface area (Å²) in [5.74, 6) is 0.459. The van der Waals surface area contributed by atoms with E-state index in [4.69, 9.17) is 11.6 Å². The monoisotopic (exact) mass is 436 g/mol. The van der Waals surface area contributed by atoms with Gasteiger partial charge in [-0.3, -0.25) is 9.59 Å². The van der Waals surface area contributed by atoms with Gasteiger partial charge in [0.05, 0.1) is 5.75 Å². The van der Waals surface area contributed by atoms with Crippen molar-refractivity contribution in [3.8, 4) is 0 Å². The molecule has 0 spiro atoms. The van der Waals surface area contributed by atoms with E-state index in [0.717, 1.165) is 16.7 Å². The maximum Gasteiger partial charge on any atom is 0.251 e. The summed E-state index contributed by atoms with van der Waals surface area (Å²) in [6, 6.07) is 24.9. The van der Waals surface area contributed by atoms with Gasteiger partial charge < -0.3 is 10.2 Å². The van der Waals surface area contributed by atoms with Crippen LogP contribution in [0.5, 0.6) is 0 Å². The number of nitrogens with one attached hydrogen (secondary N) is 1. The van der Waals surface area contributed by atoms with Crippen LogP contribution < -0.4 is 5.32 Å². The molecule has 4 nitrogen and oxygen atoms in total. The number of amides is 2. The molecule has 0 unspecified atom stereocenters. The van der Waals surface area contributed by atoms with Gasteiger partial charge in [0.25, 0.3) is 5.91 Å². The first-order valence-electron chi connectivity index (χ1n) is 9.68. The Morgan fingerprint density at radius 2 is 1.67 bits per heavy atom. The molecule has 3 aromatic rings. The van der Waals surface area contributed by atoms with Gasteiger partial charge in [-0.2, -0.15) is 0 Å². The van der Waals surface area contributed by atoms with E-state index in [1.54, 1.807) is 11.8 Å². The van der Waals surface area contributed by atoms with Crippen molar-refractivity contribution in [2.75, 3.05) is 5.75 Å². The summed E-state index contributed by atoms with van der Waals surface area (Å²) in [5, 5.41) is 3.56. The smallest absolute Gasteiger partial charge is 0.251 e. The number of thioether (sulfide) groups is 1. The summed E-state index contributed by atoms with van der Waals surface area (Å²) < 4.78 is 0. The lowest BCUT2D eigenvalue weighted by Crippen LogP contribution is -2.27. The van der Waals surface area contributed by atoms with Crippen molar-refractivity contribution >= 4 is 35.2 Å². The van der Waals surface area contributed by atoms with Gasteiger partial charge in [0.15, 0.2) is 0 Å². The minimum atomic E-state index is -0.112. The SMILES string of the molecule is O=C(NCc1ccccc1)c1ccc([C@@H]2SCC(=O)N2Cc2ccc(Cl)cc2)cc1. The van der Waals surface area contributed by atoms with E-state index in [2.05, 4.69) is 5.32 Å². The molecule has 3 aromatic carbocycles. The van der Waals surface area contributed by atoms with E-state index < -0.39 is 0 Å². The van der Waals surface area contributed by atoms with Crippen LogP contribution in [0.1, 0.15) is 32.4 Å². The van der Waals surface area contributed by atoms with Gasteiger partial charge in [-0.15, -0.1) is 11.8 Å². The topological polar surface area (TPSA) is 49.4 Å². The van der Waals surface area contributed by atoms with E-state index in [-0.39, 0.29) is 17.2 Å². The van der Waals surface area contributed by atoms with E-state index in [1.165, 1.54) is 0 Å². The third kappa shape index (κ3) is 4.86. The standard InChI is InChI=1S/C24H21ClN2O2S/c25-21-12-6-18(7-13-21)15-27-22(28)16-30-24(27)20-10-8-19(9-11-20)23(29)26-14-17-4-2-1-3-5-17/h1-13,24H,14-16H2,(H,26,29)/t24-/m0/s1. The van der Waals surface area contributed by atoms with Crippen molar-refractivity contribution < 1.29 is 9.59 Å². The number of carbonyl (C=O) groups excluding carboxylic acids is 2. The third-order valence-corrected chi connectivity index (χ3v) is 6.50. The van der Waals surface area contributed by atoms with Gasteiger partial charge >= 0.3 is 0 Å². The Morgan fingerprint density at radius 1 is 0.967 bits per heavy atom. The maximum atomic E-state index is 12.4. The fourth-order valence-electron chi connectivity index (χ4n) is 3.37. The second kappa shape index (κ2) is 9.37. The molecule has 0 aromatic heterocycles. The molecule has 6 heteroatoms. The number of hydrogen-bond donors (Lipinski definition) is 1. The number of nitrogens with zero attached hydrogens (tertiary/aromatic N) is 1. The average Bonchev–Trinajstić information content (AvgIpc) is 3.14. The van der Waals surface area contributed by atoms with Crippen molar-refractivity contribution in [1.82, 2.24) is 10.2 Å². The summed E-state index contributed by atoms with van der Waals surface area (Å²) in [6.45, 7) is 1.02. The van der Waals surface area contributed by atoms with Crippen LogP contribution in [-0.2, 0) is 17.9 Å². The van der Waals surface area contributed by atoms with E-state index in [1.807, 2.05) is 83.8 Å². The molecule has 0 bridgehead atoms. The lowest BCUT2D eigenvalue weighted by molar-refractivity contribution is -0.128. The molecule has 30 heavy (non-hydrogen) atoms. The fourth-order valence-corrected chi connectivity index (χ4v) is 4.68. The molecule has 1 fully saturated rings. The maximum absolute atomic E-state index is 12.4. The average molecular weight is 437 g/mol. The molecule has 1 aliphatic rings. The highest BCUT2D eigenvalue weighted by molar-refractivity contribution is 8.00. The first kappa shape index (κ1) is 20.5. The largest absolute Gasteiger partial charge is 0.348 e. The molecule has 0 saturated carbocycles. The Kier molecular flexibility index (Phi) is 6.41. The van der Waals surface area contributed by atoms with E-state index in [9.17, 15) is 9.59 Å². The first-order chi connectivity index (χ1) is 14.6. The normalized spacial score (nSPS) is 16.0. The number of hydrogen-bond acceptors (Lipinski definition) is 3. The number of rotatable bonds is 6. The number of benzene rings is 3. The van der Waals surface area contributed by atoms with Gasteiger partial charge in [0, 0.05) is 23.7 Å². The zero-order valence-electron chi connectivity index (χ0n) is 16.3. The second-order valence-corrected chi connectivity index (χ2v) is 8.61. The van der Waals surface area contributed by atoms with Crippen LogP contribution >= 0.6 is 23.4 Å². The fraction of sp³-hybridized carbons (Fsp3) is 0.167. The number of halogens is 1. The van der Waals surface area contributed by atoms with Crippen LogP contribution in [0.4, 0.5) is 0 Å². The predicted molar refractivity (Wildman–Crippen MR) is 121 cm³/mol. The highest BCUT2D eigenvalue weighted by Crippen LogP contribution is 2.39. The van der Waals surface area contributed by atoms with Crippen LogP contribution in [-0.4, -0.2) is 22.5 Å². The molecule has 1 atom stereocenters. The molecule has 0 radical (unpaired) electrons. The quantitative estimate of drug-likeness (QED) is 0.588. The van der Waals surface area contributed by atoms with Crippen molar-refractivity contribution in [3.63, 3.8) is 0 Å². The van der Waals surface area contributed by atoms with Crippen molar-refractivity contribution in [3.05, 3.63) is 106 Å². The Morgan fingerprint density at radius 3 is 2.37 bits per heavy atom. The van der Waals surface area contributed by atoms with Crippen LogP contribution in [0, 0.1) is 0 Å². The molecule has 1 aliphatic heterocycles. The minimum absolute atomic E-state index is 0.0605. The van der Waals surface area contributed by atoms with E-state index >= 15 is 0 Å². The zero-order valence-corrected chi connectivity index (χ0v) is 17.8. The molecular formula is C24H21ClN2O2S. The van der Waals surface area contributed by atoms with Crippen molar-refractivity contribution in [1.29, 1.82) is 0 Å². The summed E-state index contributed by atoms with van der Waals surface area (Å²) in [4.78, 5) is 26.8. The van der Waals surface area contributed by atoms with Gasteiger partial charge in [-0.1, -0.05) is 66.2 Å². The van der Waals surface area contributed by atoms with Crippen LogP contribution in [0.15, 0.2) is 78.9 Å². The highest BCUT2D eigenvalue weighted by atomic mass is 35.5. The second-order valence-electron chi connectivity index (χ2n) is 7.10. The predicted octanol–water partition coefficient (Wildman–Crippen LogP) is 5.04. The molecule has 2 amide bonds. The van der Waals surface area contributed by atoms with Crippen molar-refractivity contribution in [2.45, 2.75) is 18.5 Å². The highest BCUT2D eigenvalue weighted by Gasteiger charge is 2.32. The summed E-state index contributed by atoms with van der Waals surface area (Å²) in [5.41, 5.74) is 3.71. The van der Waals surface area contributed by atoms with Gasteiger partial charge in [-0.25, -0.2) is 0 Å². The Hall–Kier alpha value is -2.76. The lowest BCUT2D eigenvalue weighted by atomic mass is 10.1. The zero-order chi connectivity index (χ0) is 20.9. The Labute approximate surface area is 185 Å². The number of carbonyl (C=O) groups is 2.